The molecule has 0 bridgehead atoms. The molecule has 0 heterocycles. The van der Waals surface area contributed by atoms with Gasteiger partial charge in [0.2, 0.25) is 0 Å². The van der Waals surface area contributed by atoms with Crippen LogP contribution in [0, 0.1) is 0 Å². The van der Waals surface area contributed by atoms with Crippen LogP contribution in [0.4, 0.5) is 0 Å². The highest BCUT2D eigenvalue weighted by Gasteiger charge is 2.37. The Bertz CT molecular complexity index is 260. The lowest BCUT2D eigenvalue weighted by molar-refractivity contribution is -0.0386. The summed E-state index contributed by atoms with van der Waals surface area (Å²) in [4.78, 5) is 0. The molecule has 0 aromatic carbocycles. The van der Waals surface area contributed by atoms with Gasteiger partial charge < -0.3 is 10.1 Å². The first-order chi connectivity index (χ1) is 9.24. The van der Waals surface area contributed by atoms with E-state index in [1.165, 1.54) is 38.5 Å². The zero-order valence-corrected chi connectivity index (χ0v) is 13.4. The largest absolute Gasteiger partial charge is 0.376 e. The smallest absolute Gasteiger partial charge is 0.0864 e. The Kier molecular flexibility index (Phi) is 7.70. The number of nitrogens with one attached hydrogen (secondary N) is 1. The van der Waals surface area contributed by atoms with Gasteiger partial charge >= 0.3 is 0 Å². The Morgan fingerprint density at radius 2 is 1.95 bits per heavy atom. The zero-order chi connectivity index (χ0) is 14.1. The highest BCUT2D eigenvalue weighted by Crippen LogP contribution is 2.32. The van der Waals surface area contributed by atoms with E-state index in [4.69, 9.17) is 4.74 Å². The van der Waals surface area contributed by atoms with Crippen LogP contribution in [0.25, 0.3) is 0 Å². The van der Waals surface area contributed by atoms with Gasteiger partial charge in [0.15, 0.2) is 0 Å². The molecule has 112 valence electrons. The summed E-state index contributed by atoms with van der Waals surface area (Å²) in [6.07, 6.45) is 12.3. The highest BCUT2D eigenvalue weighted by molar-refractivity contribution is 5.18. The van der Waals surface area contributed by atoms with Crippen molar-refractivity contribution in [1.82, 2.24) is 5.32 Å². The van der Waals surface area contributed by atoms with Crippen LogP contribution in [0.2, 0.25) is 0 Å². The fourth-order valence-electron chi connectivity index (χ4n) is 3.31. The van der Waals surface area contributed by atoms with E-state index in [0.717, 1.165) is 19.4 Å². The van der Waals surface area contributed by atoms with Crippen LogP contribution in [0.3, 0.4) is 0 Å². The average molecular weight is 267 g/mol. The van der Waals surface area contributed by atoms with E-state index in [1.807, 2.05) is 7.11 Å². The van der Waals surface area contributed by atoms with E-state index in [2.05, 4.69) is 32.2 Å². The third-order valence-electron chi connectivity index (χ3n) is 4.67. The Labute approximate surface area is 120 Å². The van der Waals surface area contributed by atoms with Crippen molar-refractivity contribution in [1.29, 1.82) is 0 Å². The molecule has 1 unspecified atom stereocenters. The number of hydrogen-bond acceptors (Lipinski definition) is 2. The first kappa shape index (κ1) is 16.7. The third kappa shape index (κ3) is 4.32. The van der Waals surface area contributed by atoms with Crippen molar-refractivity contribution < 1.29 is 4.74 Å². The topological polar surface area (TPSA) is 21.3 Å². The van der Waals surface area contributed by atoms with Gasteiger partial charge in [-0.15, -0.1) is 0 Å². The summed E-state index contributed by atoms with van der Waals surface area (Å²) < 4.78 is 5.99. The molecule has 2 nitrogen and oxygen atoms in total. The average Bonchev–Trinajstić information content (AvgIpc) is 2.73. The standard InChI is InChI=1S/C17H33NO/c1-5-14-18-16(17(6-2,7-3)19-4)15-12-10-8-9-11-13-15/h12,16,18H,5-11,13-14H2,1-4H3. The van der Waals surface area contributed by atoms with Crippen molar-refractivity contribution >= 4 is 0 Å². The minimum Gasteiger partial charge on any atom is -0.376 e. The maximum Gasteiger partial charge on any atom is 0.0864 e. The van der Waals surface area contributed by atoms with Crippen LogP contribution in [0.1, 0.15) is 72.1 Å². The SMILES string of the molecule is CCCNC(C1=CCCCCC1)C(CC)(CC)OC. The summed E-state index contributed by atoms with van der Waals surface area (Å²) in [7, 11) is 1.88. The van der Waals surface area contributed by atoms with E-state index in [1.54, 1.807) is 5.57 Å². The molecular formula is C17H33NO. The van der Waals surface area contributed by atoms with Gasteiger partial charge in [-0.1, -0.05) is 38.8 Å². The Morgan fingerprint density at radius 3 is 2.53 bits per heavy atom. The number of hydrogen-bond donors (Lipinski definition) is 1. The molecule has 0 aromatic heterocycles. The summed E-state index contributed by atoms with van der Waals surface area (Å²) in [5.41, 5.74) is 1.56. The van der Waals surface area contributed by atoms with Gasteiger partial charge in [0.25, 0.3) is 0 Å². The molecule has 1 N–H and O–H groups in total. The maximum atomic E-state index is 5.99. The second kappa shape index (κ2) is 8.76. The van der Waals surface area contributed by atoms with Gasteiger partial charge in [-0.2, -0.15) is 0 Å². The zero-order valence-electron chi connectivity index (χ0n) is 13.4. The molecule has 0 aromatic rings. The van der Waals surface area contributed by atoms with Crippen molar-refractivity contribution in [3.05, 3.63) is 11.6 Å². The van der Waals surface area contributed by atoms with Crippen LogP contribution in [0.15, 0.2) is 11.6 Å². The van der Waals surface area contributed by atoms with E-state index in [0.29, 0.717) is 6.04 Å². The third-order valence-corrected chi connectivity index (χ3v) is 4.67. The predicted molar refractivity (Wildman–Crippen MR) is 83.6 cm³/mol. The lowest BCUT2D eigenvalue weighted by Crippen LogP contribution is -2.52. The fourth-order valence-corrected chi connectivity index (χ4v) is 3.31. The molecule has 2 heteroatoms. The minimum atomic E-state index is -0.0364. The van der Waals surface area contributed by atoms with Gasteiger partial charge in [0.05, 0.1) is 11.6 Å². The van der Waals surface area contributed by atoms with Crippen molar-refractivity contribution in [3.8, 4) is 0 Å². The van der Waals surface area contributed by atoms with Crippen LogP contribution in [-0.4, -0.2) is 25.3 Å². The van der Waals surface area contributed by atoms with Gasteiger partial charge in [0.1, 0.15) is 0 Å². The summed E-state index contributed by atoms with van der Waals surface area (Å²) >= 11 is 0. The molecule has 1 atom stereocenters. The quantitative estimate of drug-likeness (QED) is 0.656. The molecule has 1 rings (SSSR count). The number of allylic oxidation sites excluding steroid dienone is 1. The van der Waals surface area contributed by atoms with Crippen LogP contribution in [0.5, 0.6) is 0 Å². The molecule has 19 heavy (non-hydrogen) atoms. The first-order valence-electron chi connectivity index (χ1n) is 8.21. The Hall–Kier alpha value is -0.340. The Balaban J connectivity index is 2.93. The summed E-state index contributed by atoms with van der Waals surface area (Å²) in [6, 6.07) is 0.394. The summed E-state index contributed by atoms with van der Waals surface area (Å²) in [5.74, 6) is 0. The van der Waals surface area contributed by atoms with Crippen LogP contribution in [-0.2, 0) is 4.74 Å². The molecule has 0 radical (unpaired) electrons. The minimum absolute atomic E-state index is 0.0364. The van der Waals surface area contributed by atoms with Crippen LogP contribution < -0.4 is 5.32 Å². The molecule has 1 aliphatic carbocycles. The fraction of sp³-hybridized carbons (Fsp3) is 0.882. The van der Waals surface area contributed by atoms with Crippen LogP contribution >= 0.6 is 0 Å². The lowest BCUT2D eigenvalue weighted by Gasteiger charge is -2.40. The predicted octanol–water partition coefficient (Wildman–Crippen LogP) is 4.45. The van der Waals surface area contributed by atoms with E-state index < -0.39 is 0 Å². The van der Waals surface area contributed by atoms with E-state index in [9.17, 15) is 0 Å². The molecule has 0 spiro atoms. The van der Waals surface area contributed by atoms with Gasteiger partial charge in [-0.05, 0) is 51.5 Å². The van der Waals surface area contributed by atoms with E-state index >= 15 is 0 Å². The van der Waals surface area contributed by atoms with Crippen molar-refractivity contribution in [2.24, 2.45) is 0 Å². The monoisotopic (exact) mass is 267 g/mol. The number of methoxy groups -OCH3 is 1. The maximum absolute atomic E-state index is 5.99. The van der Waals surface area contributed by atoms with Gasteiger partial charge in [0, 0.05) is 7.11 Å². The molecule has 0 aliphatic heterocycles. The summed E-state index contributed by atoms with van der Waals surface area (Å²) in [5, 5.41) is 3.77. The molecular weight excluding hydrogens is 234 g/mol. The second-order valence-electron chi connectivity index (χ2n) is 5.74. The first-order valence-corrected chi connectivity index (χ1v) is 8.21. The van der Waals surface area contributed by atoms with Crippen molar-refractivity contribution in [2.75, 3.05) is 13.7 Å². The molecule has 0 amide bonds. The number of ether oxygens (including phenoxy) is 1. The highest BCUT2D eigenvalue weighted by atomic mass is 16.5. The summed E-state index contributed by atoms with van der Waals surface area (Å²) in [6.45, 7) is 7.82. The second-order valence-corrected chi connectivity index (χ2v) is 5.74. The molecule has 0 fully saturated rings. The molecule has 0 saturated heterocycles. The Morgan fingerprint density at radius 1 is 1.21 bits per heavy atom. The van der Waals surface area contributed by atoms with Crippen molar-refractivity contribution in [2.45, 2.75) is 83.8 Å². The van der Waals surface area contributed by atoms with Gasteiger partial charge in [-0.25, -0.2) is 0 Å². The molecule has 0 saturated carbocycles. The van der Waals surface area contributed by atoms with Gasteiger partial charge in [-0.3, -0.25) is 0 Å². The molecule has 1 aliphatic rings. The normalized spacial score (nSPS) is 18.8. The lowest BCUT2D eigenvalue weighted by atomic mass is 9.82. The van der Waals surface area contributed by atoms with E-state index in [-0.39, 0.29) is 5.60 Å². The van der Waals surface area contributed by atoms with Crippen molar-refractivity contribution in [3.63, 3.8) is 0 Å². The number of rotatable bonds is 8.